The first kappa shape index (κ1) is 14.7. The molecule has 0 atom stereocenters. The minimum atomic E-state index is -3.82. The summed E-state index contributed by atoms with van der Waals surface area (Å²) in [7, 11) is -2.27. The largest absolute Gasteiger partial charge is 0.478 e. The van der Waals surface area contributed by atoms with Crippen LogP contribution in [0.1, 0.15) is 5.56 Å². The van der Waals surface area contributed by atoms with E-state index in [1.54, 1.807) is 13.1 Å². The molecular formula is C12H12N4O4S. The van der Waals surface area contributed by atoms with E-state index in [0.717, 1.165) is 6.08 Å². The molecule has 110 valence electrons. The van der Waals surface area contributed by atoms with E-state index < -0.39 is 16.0 Å². The lowest BCUT2D eigenvalue weighted by Gasteiger charge is -2.07. The maximum absolute atomic E-state index is 12.2. The Kier molecular flexibility index (Phi) is 4.03. The fourth-order valence-corrected chi connectivity index (χ4v) is 2.61. The van der Waals surface area contributed by atoms with Gasteiger partial charge in [0.25, 0.3) is 10.0 Å². The highest BCUT2D eigenvalue weighted by molar-refractivity contribution is 7.92. The summed E-state index contributed by atoms with van der Waals surface area (Å²) in [5.74, 6) is -1.03. The molecule has 0 aliphatic rings. The van der Waals surface area contributed by atoms with Crippen molar-refractivity contribution in [2.45, 2.75) is 4.90 Å². The molecule has 0 radical (unpaired) electrons. The lowest BCUT2D eigenvalue weighted by atomic mass is 10.2. The number of carboxylic acid groups (broad SMARTS) is 1. The molecule has 1 aromatic carbocycles. The molecule has 21 heavy (non-hydrogen) atoms. The zero-order chi connectivity index (χ0) is 15.5. The van der Waals surface area contributed by atoms with Crippen LogP contribution in [0.5, 0.6) is 0 Å². The summed E-state index contributed by atoms with van der Waals surface area (Å²) in [6.45, 7) is 0. The van der Waals surface area contributed by atoms with Gasteiger partial charge in [0, 0.05) is 13.1 Å². The lowest BCUT2D eigenvalue weighted by Crippen LogP contribution is -2.16. The molecule has 0 fully saturated rings. The normalized spacial score (nSPS) is 11.7. The number of nitrogens with one attached hydrogen (secondary N) is 1. The van der Waals surface area contributed by atoms with Gasteiger partial charge in [0.05, 0.1) is 4.90 Å². The second-order valence-corrected chi connectivity index (χ2v) is 5.74. The van der Waals surface area contributed by atoms with Crippen molar-refractivity contribution < 1.29 is 18.3 Å². The van der Waals surface area contributed by atoms with Gasteiger partial charge in [-0.15, -0.1) is 0 Å². The van der Waals surface area contributed by atoms with Crippen molar-refractivity contribution >= 4 is 28.0 Å². The van der Waals surface area contributed by atoms with Crippen molar-refractivity contribution in [1.82, 2.24) is 14.8 Å². The van der Waals surface area contributed by atoms with Crippen LogP contribution in [0.4, 0.5) is 5.95 Å². The average molecular weight is 308 g/mol. The smallest absolute Gasteiger partial charge is 0.328 e. The number of carbonyl (C=O) groups is 1. The van der Waals surface area contributed by atoms with Crippen molar-refractivity contribution in [2.75, 3.05) is 4.72 Å². The van der Waals surface area contributed by atoms with Crippen molar-refractivity contribution in [1.29, 1.82) is 0 Å². The Morgan fingerprint density at radius 1 is 1.43 bits per heavy atom. The molecule has 2 N–H and O–H groups in total. The van der Waals surface area contributed by atoms with Crippen molar-refractivity contribution in [3.8, 4) is 0 Å². The van der Waals surface area contributed by atoms with Crippen LogP contribution in [0.15, 0.2) is 41.6 Å². The summed E-state index contributed by atoms with van der Waals surface area (Å²) in [4.78, 5) is 14.2. The standard InChI is InChI=1S/C12H12N4O4S/c1-16-12(13-8-14-16)15-21(19,20)10-4-2-3-9(7-10)5-6-11(17)18/h2-8H,1H3,(H,17,18)(H,13,14,15)/b6-5+. The number of aliphatic carboxylic acids is 1. The summed E-state index contributed by atoms with van der Waals surface area (Å²) in [6.07, 6.45) is 3.47. The molecule has 0 saturated carbocycles. The number of rotatable bonds is 5. The second-order valence-electron chi connectivity index (χ2n) is 4.06. The summed E-state index contributed by atoms with van der Waals surface area (Å²) < 4.78 is 28.0. The van der Waals surface area contributed by atoms with E-state index in [2.05, 4.69) is 14.8 Å². The van der Waals surface area contributed by atoms with Crippen LogP contribution < -0.4 is 4.72 Å². The van der Waals surface area contributed by atoms with Crippen LogP contribution in [0, 0.1) is 0 Å². The van der Waals surface area contributed by atoms with Gasteiger partial charge in [-0.05, 0) is 23.8 Å². The fraction of sp³-hybridized carbons (Fsp3) is 0.0833. The van der Waals surface area contributed by atoms with Crippen LogP contribution in [-0.2, 0) is 21.9 Å². The average Bonchev–Trinajstić information content (AvgIpc) is 2.82. The zero-order valence-corrected chi connectivity index (χ0v) is 11.8. The van der Waals surface area contributed by atoms with Gasteiger partial charge >= 0.3 is 5.97 Å². The molecule has 0 amide bonds. The molecule has 0 aliphatic carbocycles. The third-order valence-corrected chi connectivity index (χ3v) is 3.85. The SMILES string of the molecule is Cn1ncnc1NS(=O)(=O)c1cccc(/C=C/C(=O)O)c1. The minimum Gasteiger partial charge on any atom is -0.478 e. The number of sulfonamides is 1. The minimum absolute atomic E-state index is 0.00182. The third-order valence-electron chi connectivity index (χ3n) is 2.52. The van der Waals surface area contributed by atoms with E-state index in [4.69, 9.17) is 5.11 Å². The molecule has 1 heterocycles. The number of aryl methyl sites for hydroxylation is 1. The number of aromatic nitrogens is 3. The Balaban J connectivity index is 2.30. The number of nitrogens with zero attached hydrogens (tertiary/aromatic N) is 3. The highest BCUT2D eigenvalue weighted by atomic mass is 32.2. The fourth-order valence-electron chi connectivity index (χ4n) is 1.52. The van der Waals surface area contributed by atoms with Crippen molar-refractivity contribution in [2.24, 2.45) is 7.05 Å². The molecule has 0 unspecified atom stereocenters. The number of anilines is 1. The molecular weight excluding hydrogens is 296 g/mol. The monoisotopic (exact) mass is 308 g/mol. The van der Waals surface area contributed by atoms with Crippen LogP contribution >= 0.6 is 0 Å². The quantitative estimate of drug-likeness (QED) is 0.786. The van der Waals surface area contributed by atoms with Gasteiger partial charge in [0.15, 0.2) is 0 Å². The van der Waals surface area contributed by atoms with E-state index in [0.29, 0.717) is 5.56 Å². The molecule has 0 aliphatic heterocycles. The van der Waals surface area contributed by atoms with Gasteiger partial charge in [0.2, 0.25) is 5.95 Å². The van der Waals surface area contributed by atoms with Gasteiger partial charge in [-0.2, -0.15) is 10.1 Å². The maximum atomic E-state index is 12.2. The first-order valence-electron chi connectivity index (χ1n) is 5.76. The van der Waals surface area contributed by atoms with E-state index >= 15 is 0 Å². The molecule has 2 rings (SSSR count). The summed E-state index contributed by atoms with van der Waals surface area (Å²) >= 11 is 0. The van der Waals surface area contributed by atoms with Crippen LogP contribution in [-0.4, -0.2) is 34.3 Å². The Morgan fingerprint density at radius 2 is 2.19 bits per heavy atom. The van der Waals surface area contributed by atoms with Crippen molar-refractivity contribution in [3.05, 3.63) is 42.2 Å². The zero-order valence-electron chi connectivity index (χ0n) is 11.0. The molecule has 0 bridgehead atoms. The summed E-state index contributed by atoms with van der Waals surface area (Å²) in [5, 5.41) is 12.3. The van der Waals surface area contributed by atoms with Gasteiger partial charge in [-0.25, -0.2) is 22.6 Å². The molecule has 9 heteroatoms. The second kappa shape index (κ2) is 5.75. The molecule has 1 aromatic heterocycles. The Labute approximate surface area is 120 Å². The Morgan fingerprint density at radius 3 is 2.81 bits per heavy atom. The summed E-state index contributed by atoms with van der Waals surface area (Å²) in [5.41, 5.74) is 0.457. The van der Waals surface area contributed by atoms with Crippen molar-refractivity contribution in [3.63, 3.8) is 0 Å². The number of hydrogen-bond donors (Lipinski definition) is 2. The van der Waals surface area contributed by atoms with Crippen LogP contribution in [0.2, 0.25) is 0 Å². The van der Waals surface area contributed by atoms with Crippen LogP contribution in [0.25, 0.3) is 6.08 Å². The highest BCUT2D eigenvalue weighted by Gasteiger charge is 2.16. The van der Waals surface area contributed by atoms with Gasteiger partial charge < -0.3 is 5.11 Å². The number of hydrogen-bond acceptors (Lipinski definition) is 5. The highest BCUT2D eigenvalue weighted by Crippen LogP contribution is 2.16. The Hall–Kier alpha value is -2.68. The molecule has 0 spiro atoms. The first-order chi connectivity index (χ1) is 9.88. The molecule has 8 nitrogen and oxygen atoms in total. The number of benzene rings is 1. The third kappa shape index (κ3) is 3.66. The predicted octanol–water partition coefficient (Wildman–Crippen LogP) is 0.714. The van der Waals surface area contributed by atoms with Crippen LogP contribution in [0.3, 0.4) is 0 Å². The molecule has 0 saturated heterocycles. The van der Waals surface area contributed by atoms with E-state index in [9.17, 15) is 13.2 Å². The topological polar surface area (TPSA) is 114 Å². The van der Waals surface area contributed by atoms with Gasteiger partial charge in [-0.3, -0.25) is 0 Å². The lowest BCUT2D eigenvalue weighted by molar-refractivity contribution is -0.131. The predicted molar refractivity (Wildman–Crippen MR) is 74.9 cm³/mol. The van der Waals surface area contributed by atoms with Gasteiger partial charge in [-0.1, -0.05) is 12.1 Å². The Bertz CT molecular complexity index is 795. The van der Waals surface area contributed by atoms with E-state index in [1.807, 2.05) is 0 Å². The molecule has 2 aromatic rings. The maximum Gasteiger partial charge on any atom is 0.328 e. The number of carboxylic acids is 1. The summed E-state index contributed by atoms with van der Waals surface area (Å²) in [6, 6.07) is 5.88. The first-order valence-corrected chi connectivity index (χ1v) is 7.25. The van der Waals surface area contributed by atoms with Gasteiger partial charge in [0.1, 0.15) is 6.33 Å². The van der Waals surface area contributed by atoms with E-state index in [-0.39, 0.29) is 10.8 Å². The van der Waals surface area contributed by atoms with E-state index in [1.165, 1.54) is 35.3 Å².